The van der Waals surface area contributed by atoms with Crippen LogP contribution in [0.5, 0.6) is 5.75 Å². The molecule has 0 saturated carbocycles. The van der Waals surface area contributed by atoms with Crippen molar-refractivity contribution in [2.24, 2.45) is 0 Å². The third-order valence-corrected chi connectivity index (χ3v) is 2.53. The molecule has 1 heterocycles. The van der Waals surface area contributed by atoms with Crippen molar-refractivity contribution in [2.45, 2.75) is 12.6 Å². The molecule has 0 radical (unpaired) electrons. The molecule has 1 aromatic rings. The summed E-state index contributed by atoms with van der Waals surface area (Å²) < 4.78 is 41.1. The molecule has 0 unspecified atom stereocenters. The number of alkyl halides is 3. The van der Waals surface area contributed by atoms with Gasteiger partial charge >= 0.3 is 6.18 Å². The molecule has 19 heavy (non-hydrogen) atoms. The molecule has 102 valence electrons. The lowest BCUT2D eigenvalue weighted by Gasteiger charge is -2.19. The molecule has 0 aliphatic carbocycles. The molecule has 0 N–H and O–H groups in total. The Labute approximate surface area is 106 Å². The topological polar surface area (TPSA) is 46.6 Å². The van der Waals surface area contributed by atoms with Gasteiger partial charge in [0.1, 0.15) is 5.75 Å². The second-order valence-electron chi connectivity index (χ2n) is 4.07. The van der Waals surface area contributed by atoms with Gasteiger partial charge in [-0.05, 0) is 12.1 Å². The summed E-state index contributed by atoms with van der Waals surface area (Å²) in [4.78, 5) is 23.9. The zero-order valence-corrected chi connectivity index (χ0v) is 9.74. The highest BCUT2D eigenvalue weighted by Gasteiger charge is 2.32. The van der Waals surface area contributed by atoms with Crippen LogP contribution >= 0.6 is 0 Å². The van der Waals surface area contributed by atoms with Crippen LogP contribution < -0.4 is 9.64 Å². The van der Waals surface area contributed by atoms with Crippen LogP contribution in [0.25, 0.3) is 0 Å². The molecule has 0 atom stereocenters. The first-order valence-corrected chi connectivity index (χ1v) is 5.47. The summed E-state index contributed by atoms with van der Waals surface area (Å²) in [6.45, 7) is -1.58. The monoisotopic (exact) mass is 273 g/mol. The Morgan fingerprint density at radius 3 is 2.47 bits per heavy atom. The molecule has 4 nitrogen and oxygen atoms in total. The number of nitrogens with zero attached hydrogens (tertiary/aromatic N) is 1. The van der Waals surface area contributed by atoms with E-state index in [9.17, 15) is 22.8 Å². The fourth-order valence-electron chi connectivity index (χ4n) is 1.77. The predicted octanol–water partition coefficient (Wildman–Crippen LogP) is 1.93. The number of hydrogen-bond donors (Lipinski definition) is 0. The second-order valence-corrected chi connectivity index (χ2v) is 4.07. The lowest BCUT2D eigenvalue weighted by Crippen LogP contribution is -2.26. The van der Waals surface area contributed by atoms with Crippen LogP contribution in [0.2, 0.25) is 0 Å². The standard InChI is InChI=1S/C12H10F3NO3/c13-12(14,15)7-19-10-4-2-1-3-9(10)16-6-8(17)5-11(16)18/h1-4H,5-7H2. The summed E-state index contributed by atoms with van der Waals surface area (Å²) in [5.41, 5.74) is 0.183. The third-order valence-electron chi connectivity index (χ3n) is 2.53. The van der Waals surface area contributed by atoms with Crippen molar-refractivity contribution in [3.63, 3.8) is 0 Å². The van der Waals surface area contributed by atoms with E-state index < -0.39 is 18.7 Å². The summed E-state index contributed by atoms with van der Waals surface area (Å²) >= 11 is 0. The first-order valence-electron chi connectivity index (χ1n) is 5.47. The van der Waals surface area contributed by atoms with E-state index in [0.29, 0.717) is 0 Å². The van der Waals surface area contributed by atoms with Crippen LogP contribution in [-0.2, 0) is 9.59 Å². The lowest BCUT2D eigenvalue weighted by molar-refractivity contribution is -0.153. The Morgan fingerprint density at radius 2 is 1.89 bits per heavy atom. The van der Waals surface area contributed by atoms with Crippen LogP contribution in [0.1, 0.15) is 6.42 Å². The maximum Gasteiger partial charge on any atom is 0.422 e. The smallest absolute Gasteiger partial charge is 0.422 e. The zero-order chi connectivity index (χ0) is 14.0. The summed E-state index contributed by atoms with van der Waals surface area (Å²) in [5.74, 6) is -0.772. The summed E-state index contributed by atoms with van der Waals surface area (Å²) in [6.07, 6.45) is -4.69. The minimum absolute atomic E-state index is 0.0668. The van der Waals surface area contributed by atoms with E-state index in [4.69, 9.17) is 0 Å². The maximum atomic E-state index is 12.1. The first-order chi connectivity index (χ1) is 8.87. The second kappa shape index (κ2) is 4.91. The van der Waals surface area contributed by atoms with Gasteiger partial charge < -0.3 is 9.64 Å². The maximum absolute atomic E-state index is 12.1. The van der Waals surface area contributed by atoms with Crippen LogP contribution in [0.15, 0.2) is 24.3 Å². The number of para-hydroxylation sites is 2. The molecule has 7 heteroatoms. The number of halogens is 3. The van der Waals surface area contributed by atoms with E-state index >= 15 is 0 Å². The van der Waals surface area contributed by atoms with Gasteiger partial charge in [-0.2, -0.15) is 13.2 Å². The van der Waals surface area contributed by atoms with Crippen molar-refractivity contribution >= 4 is 17.4 Å². The molecule has 1 fully saturated rings. The van der Waals surface area contributed by atoms with Crippen LogP contribution in [0.4, 0.5) is 18.9 Å². The van der Waals surface area contributed by atoms with Gasteiger partial charge in [0.2, 0.25) is 5.91 Å². The van der Waals surface area contributed by atoms with Crippen molar-refractivity contribution < 1.29 is 27.5 Å². The number of carbonyl (C=O) groups excluding carboxylic acids is 2. The number of ether oxygens (including phenoxy) is 1. The van der Waals surface area contributed by atoms with E-state index in [2.05, 4.69) is 4.74 Å². The molecule has 1 aromatic carbocycles. The predicted molar refractivity (Wildman–Crippen MR) is 60.0 cm³/mol. The van der Waals surface area contributed by atoms with E-state index in [1.165, 1.54) is 18.2 Å². The van der Waals surface area contributed by atoms with Gasteiger partial charge in [0.15, 0.2) is 12.4 Å². The van der Waals surface area contributed by atoms with Crippen molar-refractivity contribution in [1.82, 2.24) is 0 Å². The molecule has 2 rings (SSSR count). The number of ketones is 1. The Kier molecular flexibility index (Phi) is 3.46. The van der Waals surface area contributed by atoms with Crippen LogP contribution in [-0.4, -0.2) is 31.0 Å². The number of anilines is 1. The molecule has 0 spiro atoms. The van der Waals surface area contributed by atoms with Gasteiger partial charge in [-0.15, -0.1) is 0 Å². The van der Waals surface area contributed by atoms with Gasteiger partial charge in [-0.25, -0.2) is 0 Å². The molecule has 0 bridgehead atoms. The number of benzene rings is 1. The van der Waals surface area contributed by atoms with Gasteiger partial charge in [-0.1, -0.05) is 12.1 Å². The lowest BCUT2D eigenvalue weighted by atomic mass is 10.2. The van der Waals surface area contributed by atoms with E-state index in [1.54, 1.807) is 6.07 Å². The van der Waals surface area contributed by atoms with Gasteiger partial charge in [-0.3, -0.25) is 9.59 Å². The average molecular weight is 273 g/mol. The highest BCUT2D eigenvalue weighted by molar-refractivity contribution is 6.15. The first kappa shape index (κ1) is 13.4. The number of rotatable bonds is 3. The molecular weight excluding hydrogens is 263 g/mol. The minimum Gasteiger partial charge on any atom is -0.482 e. The third kappa shape index (κ3) is 3.24. The molecule has 1 amide bonds. The summed E-state index contributed by atoms with van der Waals surface area (Å²) in [5, 5.41) is 0. The van der Waals surface area contributed by atoms with Crippen molar-refractivity contribution in [1.29, 1.82) is 0 Å². The Bertz CT molecular complexity index is 513. The quantitative estimate of drug-likeness (QED) is 0.791. The molecule has 1 aliphatic rings. The van der Waals surface area contributed by atoms with Crippen molar-refractivity contribution in [2.75, 3.05) is 18.1 Å². The van der Waals surface area contributed by atoms with Crippen LogP contribution in [0, 0.1) is 0 Å². The SMILES string of the molecule is O=C1CC(=O)N(c2ccccc2OCC(F)(F)F)C1. The summed E-state index contributed by atoms with van der Waals surface area (Å²) in [7, 11) is 0. The Morgan fingerprint density at radius 1 is 1.21 bits per heavy atom. The fraction of sp³-hybridized carbons (Fsp3) is 0.333. The largest absolute Gasteiger partial charge is 0.482 e. The normalized spacial score (nSPS) is 16.1. The van der Waals surface area contributed by atoms with Crippen LogP contribution in [0.3, 0.4) is 0 Å². The Balaban J connectivity index is 2.21. The zero-order valence-electron chi connectivity index (χ0n) is 9.74. The molecular formula is C12H10F3NO3. The van der Waals surface area contributed by atoms with E-state index in [0.717, 1.165) is 4.90 Å². The highest BCUT2D eigenvalue weighted by atomic mass is 19.4. The van der Waals surface area contributed by atoms with Crippen molar-refractivity contribution in [3.8, 4) is 5.75 Å². The van der Waals surface area contributed by atoms with E-state index in [-0.39, 0.29) is 30.2 Å². The minimum atomic E-state index is -4.46. The fourth-order valence-corrected chi connectivity index (χ4v) is 1.77. The molecule has 0 aromatic heterocycles. The number of carbonyl (C=O) groups is 2. The Hall–Kier alpha value is -2.05. The van der Waals surface area contributed by atoms with Gasteiger partial charge in [0, 0.05) is 0 Å². The van der Waals surface area contributed by atoms with Gasteiger partial charge in [0.25, 0.3) is 0 Å². The summed E-state index contributed by atoms with van der Waals surface area (Å²) in [6, 6.07) is 5.84. The number of hydrogen-bond acceptors (Lipinski definition) is 3. The van der Waals surface area contributed by atoms with E-state index in [1.807, 2.05) is 0 Å². The average Bonchev–Trinajstić information content (AvgIpc) is 2.65. The van der Waals surface area contributed by atoms with Crippen molar-refractivity contribution in [3.05, 3.63) is 24.3 Å². The number of Topliss-reactive ketones (excluding diaryl/α,β-unsaturated/α-hetero) is 1. The molecule has 1 aliphatic heterocycles. The highest BCUT2D eigenvalue weighted by Crippen LogP contribution is 2.31. The molecule has 1 saturated heterocycles. The van der Waals surface area contributed by atoms with Gasteiger partial charge in [0.05, 0.1) is 18.7 Å². The number of amides is 1.